The van der Waals surface area contributed by atoms with E-state index in [1.54, 1.807) is 36.1 Å². The van der Waals surface area contributed by atoms with Gasteiger partial charge in [0.2, 0.25) is 11.8 Å². The summed E-state index contributed by atoms with van der Waals surface area (Å²) in [6.45, 7) is 4.39. The summed E-state index contributed by atoms with van der Waals surface area (Å²) in [5.74, 6) is -2.65. The number of carbonyl (C=O) groups is 3. The van der Waals surface area contributed by atoms with E-state index in [0.29, 0.717) is 30.1 Å². The van der Waals surface area contributed by atoms with Gasteiger partial charge in [0.15, 0.2) is 0 Å². The SMILES string of the molecule is CCC[C@@H]1C=C[C@H]2[C@H](C(=O)N(CCCCO)[C@@H]2C(=O)Nc2ccc(Cl)cc2)[C@@H]1C(=O)OCC. The van der Waals surface area contributed by atoms with Crippen LogP contribution in [0.15, 0.2) is 36.4 Å². The fourth-order valence-corrected chi connectivity index (χ4v) is 5.18. The van der Waals surface area contributed by atoms with E-state index in [4.69, 9.17) is 16.3 Å². The van der Waals surface area contributed by atoms with Crippen LogP contribution in [0.1, 0.15) is 39.5 Å². The number of halogens is 1. The van der Waals surface area contributed by atoms with Crippen molar-refractivity contribution < 1.29 is 24.2 Å². The molecule has 1 aromatic rings. The van der Waals surface area contributed by atoms with Crippen LogP contribution in [0.25, 0.3) is 0 Å². The summed E-state index contributed by atoms with van der Waals surface area (Å²) >= 11 is 5.95. The fraction of sp³-hybridized carbons (Fsp3) is 0.560. The zero-order valence-electron chi connectivity index (χ0n) is 19.2. The number of esters is 1. The Morgan fingerprint density at radius 3 is 2.52 bits per heavy atom. The maximum absolute atomic E-state index is 13.6. The first-order valence-corrected chi connectivity index (χ1v) is 12.1. The van der Waals surface area contributed by atoms with E-state index in [-0.39, 0.29) is 36.9 Å². The Labute approximate surface area is 200 Å². The lowest BCUT2D eigenvalue weighted by Gasteiger charge is -2.33. The van der Waals surface area contributed by atoms with Gasteiger partial charge in [0.25, 0.3) is 0 Å². The van der Waals surface area contributed by atoms with Gasteiger partial charge in [-0.15, -0.1) is 0 Å². The van der Waals surface area contributed by atoms with Crippen molar-refractivity contribution in [2.75, 3.05) is 25.1 Å². The monoisotopic (exact) mass is 476 g/mol. The quantitative estimate of drug-likeness (QED) is 0.305. The second-order valence-electron chi connectivity index (χ2n) is 8.62. The first kappa shape index (κ1) is 25.2. The number of allylic oxidation sites excluding steroid dienone is 1. The summed E-state index contributed by atoms with van der Waals surface area (Å²) in [7, 11) is 0. The number of benzene rings is 1. The number of nitrogens with zero attached hydrogens (tertiary/aromatic N) is 1. The van der Waals surface area contributed by atoms with Crippen molar-refractivity contribution in [3.8, 4) is 0 Å². The predicted octanol–water partition coefficient (Wildman–Crippen LogP) is 3.66. The molecular weight excluding hydrogens is 444 g/mol. The number of hydrogen-bond acceptors (Lipinski definition) is 5. The molecule has 0 aromatic heterocycles. The van der Waals surface area contributed by atoms with Gasteiger partial charge in [0.05, 0.1) is 18.4 Å². The molecule has 0 spiro atoms. The van der Waals surface area contributed by atoms with Crippen molar-refractivity contribution in [3.63, 3.8) is 0 Å². The van der Waals surface area contributed by atoms with E-state index in [2.05, 4.69) is 5.32 Å². The number of fused-ring (bicyclic) bond motifs is 1. The number of ether oxygens (including phenoxy) is 1. The number of aliphatic hydroxyl groups excluding tert-OH is 1. The van der Waals surface area contributed by atoms with Gasteiger partial charge in [-0.2, -0.15) is 0 Å². The molecule has 3 rings (SSSR count). The van der Waals surface area contributed by atoms with Gasteiger partial charge in [0, 0.05) is 29.8 Å². The first-order valence-electron chi connectivity index (χ1n) is 11.8. The molecule has 0 bridgehead atoms. The van der Waals surface area contributed by atoms with Gasteiger partial charge in [0.1, 0.15) is 6.04 Å². The van der Waals surface area contributed by atoms with Crippen molar-refractivity contribution in [2.24, 2.45) is 23.7 Å². The zero-order chi connectivity index (χ0) is 24.0. The van der Waals surface area contributed by atoms with E-state index in [9.17, 15) is 19.5 Å². The first-order chi connectivity index (χ1) is 15.9. The Balaban J connectivity index is 1.94. The molecule has 7 nitrogen and oxygen atoms in total. The summed E-state index contributed by atoms with van der Waals surface area (Å²) in [5.41, 5.74) is 0.584. The fourth-order valence-electron chi connectivity index (χ4n) is 5.05. The lowest BCUT2D eigenvalue weighted by atomic mass is 9.69. The van der Waals surface area contributed by atoms with Crippen molar-refractivity contribution in [2.45, 2.75) is 45.6 Å². The summed E-state index contributed by atoms with van der Waals surface area (Å²) in [4.78, 5) is 41.6. The van der Waals surface area contributed by atoms with Crippen LogP contribution in [0, 0.1) is 23.7 Å². The molecule has 33 heavy (non-hydrogen) atoms. The normalized spacial score (nSPS) is 26.2. The van der Waals surface area contributed by atoms with E-state index in [1.165, 1.54) is 0 Å². The Bertz CT molecular complexity index is 872. The number of rotatable bonds is 10. The smallest absolute Gasteiger partial charge is 0.310 e. The molecule has 1 heterocycles. The minimum Gasteiger partial charge on any atom is -0.466 e. The molecule has 1 aromatic carbocycles. The average molecular weight is 477 g/mol. The number of amides is 2. The Morgan fingerprint density at radius 2 is 1.88 bits per heavy atom. The second kappa shape index (κ2) is 11.7. The third kappa shape index (κ3) is 5.58. The number of aliphatic hydroxyl groups is 1. The number of anilines is 1. The van der Waals surface area contributed by atoms with Crippen LogP contribution in [-0.4, -0.2) is 53.6 Å². The summed E-state index contributed by atoms with van der Waals surface area (Å²) < 4.78 is 5.36. The minimum atomic E-state index is -0.743. The van der Waals surface area contributed by atoms with Crippen LogP contribution in [0.3, 0.4) is 0 Å². The number of likely N-dealkylation sites (tertiary alicyclic amines) is 1. The highest BCUT2D eigenvalue weighted by atomic mass is 35.5. The predicted molar refractivity (Wildman–Crippen MR) is 127 cm³/mol. The maximum Gasteiger partial charge on any atom is 0.310 e. The molecule has 1 fully saturated rings. The molecule has 5 atom stereocenters. The average Bonchev–Trinajstić information content (AvgIpc) is 3.07. The van der Waals surface area contributed by atoms with Crippen molar-refractivity contribution in [1.82, 2.24) is 4.90 Å². The van der Waals surface area contributed by atoms with Gasteiger partial charge in [-0.05, 0) is 56.4 Å². The number of hydrogen-bond donors (Lipinski definition) is 2. The molecule has 1 aliphatic heterocycles. The lowest BCUT2D eigenvalue weighted by molar-refractivity contribution is -0.155. The molecule has 2 aliphatic rings. The van der Waals surface area contributed by atoms with Gasteiger partial charge in [-0.25, -0.2) is 0 Å². The third-order valence-electron chi connectivity index (χ3n) is 6.48. The molecule has 2 amide bonds. The maximum atomic E-state index is 13.6. The van der Waals surface area contributed by atoms with Gasteiger partial charge < -0.3 is 20.1 Å². The van der Waals surface area contributed by atoms with Crippen LogP contribution < -0.4 is 5.32 Å². The molecular formula is C25H33ClN2O5. The number of carbonyl (C=O) groups excluding carboxylic acids is 3. The summed E-state index contributed by atoms with van der Waals surface area (Å²) in [5, 5.41) is 12.7. The topological polar surface area (TPSA) is 95.9 Å². The lowest BCUT2D eigenvalue weighted by Crippen LogP contribution is -2.44. The third-order valence-corrected chi connectivity index (χ3v) is 6.73. The van der Waals surface area contributed by atoms with E-state index >= 15 is 0 Å². The molecule has 8 heteroatoms. The molecule has 180 valence electrons. The van der Waals surface area contributed by atoms with Crippen molar-refractivity contribution >= 4 is 35.1 Å². The number of unbranched alkanes of at least 4 members (excludes halogenated alkanes) is 1. The van der Waals surface area contributed by atoms with Crippen molar-refractivity contribution in [1.29, 1.82) is 0 Å². The highest BCUT2D eigenvalue weighted by Gasteiger charge is 2.57. The standard InChI is InChI=1S/C25H33ClN2O5/c1-3-7-16-8-13-19-21(20(16)25(32)33-4-2)24(31)28(14-5-6-15-29)22(19)23(30)27-18-11-9-17(26)10-12-18/h8-13,16,19-22,29H,3-7,14-15H2,1-2H3,(H,27,30)/t16-,19+,20-,21+,22+/m1/s1. The zero-order valence-corrected chi connectivity index (χ0v) is 20.0. The van der Waals surface area contributed by atoms with Crippen molar-refractivity contribution in [3.05, 3.63) is 41.4 Å². The molecule has 0 radical (unpaired) electrons. The highest BCUT2D eigenvalue weighted by molar-refractivity contribution is 6.30. The van der Waals surface area contributed by atoms with Crippen LogP contribution in [0.2, 0.25) is 5.02 Å². The Hall–Kier alpha value is -2.38. The van der Waals surface area contributed by atoms with E-state index < -0.39 is 23.8 Å². The minimum absolute atomic E-state index is 0.0143. The molecule has 0 unspecified atom stereocenters. The summed E-state index contributed by atoms with van der Waals surface area (Å²) in [6.07, 6.45) is 6.66. The molecule has 2 N–H and O–H groups in total. The van der Waals surface area contributed by atoms with Gasteiger partial charge in [-0.3, -0.25) is 14.4 Å². The highest BCUT2D eigenvalue weighted by Crippen LogP contribution is 2.45. The second-order valence-corrected chi connectivity index (χ2v) is 9.06. The van der Waals surface area contributed by atoms with E-state index in [1.807, 2.05) is 19.1 Å². The van der Waals surface area contributed by atoms with E-state index in [0.717, 1.165) is 12.8 Å². The Kier molecular flexibility index (Phi) is 8.92. The summed E-state index contributed by atoms with van der Waals surface area (Å²) in [6, 6.07) is 6.05. The van der Waals surface area contributed by atoms with Crippen LogP contribution in [0.5, 0.6) is 0 Å². The largest absolute Gasteiger partial charge is 0.466 e. The Morgan fingerprint density at radius 1 is 1.15 bits per heavy atom. The van der Waals surface area contributed by atoms with Crippen LogP contribution >= 0.6 is 11.6 Å². The molecule has 0 saturated carbocycles. The number of nitrogens with one attached hydrogen (secondary N) is 1. The van der Waals surface area contributed by atoms with Gasteiger partial charge in [-0.1, -0.05) is 37.1 Å². The van der Waals surface area contributed by atoms with Gasteiger partial charge >= 0.3 is 5.97 Å². The molecule has 1 saturated heterocycles. The van der Waals surface area contributed by atoms with Crippen LogP contribution in [0.4, 0.5) is 5.69 Å². The van der Waals surface area contributed by atoms with Crippen LogP contribution in [-0.2, 0) is 19.1 Å². The molecule has 1 aliphatic carbocycles.